The van der Waals surface area contributed by atoms with Gasteiger partial charge in [0.1, 0.15) is 5.69 Å². The Balaban J connectivity index is 2.29. The van der Waals surface area contributed by atoms with Gasteiger partial charge in [-0.25, -0.2) is 0 Å². The molecule has 0 fully saturated rings. The van der Waals surface area contributed by atoms with Gasteiger partial charge in [-0.3, -0.25) is 14.5 Å². The molecule has 2 heterocycles. The minimum atomic E-state index is -0.290. The van der Waals surface area contributed by atoms with Gasteiger partial charge in [0, 0.05) is 17.3 Å². The van der Waals surface area contributed by atoms with Crippen LogP contribution in [0.25, 0.3) is 0 Å². The van der Waals surface area contributed by atoms with E-state index in [9.17, 15) is 4.79 Å². The Bertz CT molecular complexity index is 649. The summed E-state index contributed by atoms with van der Waals surface area (Å²) in [5.41, 5.74) is 2.72. The monoisotopic (exact) mass is 292 g/mol. The Morgan fingerprint density at radius 2 is 2.10 bits per heavy atom. The molecule has 20 heavy (non-hydrogen) atoms. The molecule has 0 aliphatic rings. The largest absolute Gasteiger partial charge is 0.317 e. The number of rotatable bonds is 3. The van der Waals surface area contributed by atoms with Crippen molar-refractivity contribution in [1.29, 1.82) is 0 Å². The van der Waals surface area contributed by atoms with E-state index in [0.717, 1.165) is 17.1 Å². The SMILES string of the molecule is Cc1nn(C(C)C)c(C)c1NC(=O)c1cc(Cl)ccn1. The van der Waals surface area contributed by atoms with Gasteiger partial charge < -0.3 is 5.32 Å². The van der Waals surface area contributed by atoms with Gasteiger partial charge >= 0.3 is 0 Å². The van der Waals surface area contributed by atoms with Crippen LogP contribution in [0.2, 0.25) is 5.02 Å². The Morgan fingerprint density at radius 3 is 2.65 bits per heavy atom. The van der Waals surface area contributed by atoms with Crippen molar-refractivity contribution in [2.24, 2.45) is 0 Å². The van der Waals surface area contributed by atoms with E-state index in [1.807, 2.05) is 32.4 Å². The summed E-state index contributed by atoms with van der Waals surface area (Å²) >= 11 is 5.86. The summed E-state index contributed by atoms with van der Waals surface area (Å²) in [6.07, 6.45) is 1.51. The van der Waals surface area contributed by atoms with E-state index >= 15 is 0 Å². The second-order valence-corrected chi connectivity index (χ2v) is 5.33. The standard InChI is InChI=1S/C14H17ClN4O/c1-8(2)19-10(4)13(9(3)18-19)17-14(20)12-7-11(15)5-6-16-12/h5-8H,1-4H3,(H,17,20). The molecule has 0 aliphatic carbocycles. The van der Waals surface area contributed by atoms with Gasteiger partial charge in [0.15, 0.2) is 0 Å². The van der Waals surface area contributed by atoms with Crippen molar-refractivity contribution in [3.05, 3.63) is 40.4 Å². The minimum Gasteiger partial charge on any atom is -0.317 e. The lowest BCUT2D eigenvalue weighted by Gasteiger charge is -2.09. The van der Waals surface area contributed by atoms with Crippen LogP contribution in [0.3, 0.4) is 0 Å². The maximum atomic E-state index is 12.2. The second-order valence-electron chi connectivity index (χ2n) is 4.90. The number of aromatic nitrogens is 3. The van der Waals surface area contributed by atoms with E-state index in [1.54, 1.807) is 6.07 Å². The number of nitrogens with one attached hydrogen (secondary N) is 1. The van der Waals surface area contributed by atoms with Crippen molar-refractivity contribution in [1.82, 2.24) is 14.8 Å². The van der Waals surface area contributed by atoms with Crippen LogP contribution in [0.5, 0.6) is 0 Å². The van der Waals surface area contributed by atoms with Gasteiger partial charge in [-0.2, -0.15) is 5.10 Å². The summed E-state index contributed by atoms with van der Waals surface area (Å²) in [4.78, 5) is 16.2. The Labute approximate surface area is 123 Å². The molecule has 0 spiro atoms. The molecule has 0 unspecified atom stereocenters. The number of hydrogen-bond acceptors (Lipinski definition) is 3. The number of amides is 1. The first-order valence-electron chi connectivity index (χ1n) is 6.38. The van der Waals surface area contributed by atoms with Crippen molar-refractivity contribution in [3.63, 3.8) is 0 Å². The third kappa shape index (κ3) is 2.82. The van der Waals surface area contributed by atoms with Crippen molar-refractivity contribution in [2.45, 2.75) is 33.7 Å². The molecule has 2 rings (SSSR count). The molecular formula is C14H17ClN4O. The van der Waals surface area contributed by atoms with Crippen LogP contribution in [0.4, 0.5) is 5.69 Å². The fraction of sp³-hybridized carbons (Fsp3) is 0.357. The van der Waals surface area contributed by atoms with Crippen LogP contribution in [-0.4, -0.2) is 20.7 Å². The fourth-order valence-corrected chi connectivity index (χ4v) is 2.21. The molecule has 2 aromatic heterocycles. The normalized spacial score (nSPS) is 10.9. The molecule has 1 N–H and O–H groups in total. The van der Waals surface area contributed by atoms with Gasteiger partial charge in [-0.15, -0.1) is 0 Å². The van der Waals surface area contributed by atoms with E-state index in [4.69, 9.17) is 11.6 Å². The van der Waals surface area contributed by atoms with Crippen LogP contribution in [0, 0.1) is 13.8 Å². The van der Waals surface area contributed by atoms with Gasteiger partial charge in [0.2, 0.25) is 0 Å². The van der Waals surface area contributed by atoms with E-state index < -0.39 is 0 Å². The predicted molar refractivity (Wildman–Crippen MR) is 79.3 cm³/mol. The van der Waals surface area contributed by atoms with E-state index in [2.05, 4.69) is 15.4 Å². The average Bonchev–Trinajstić information content (AvgIpc) is 2.67. The first-order valence-corrected chi connectivity index (χ1v) is 6.76. The Kier molecular flexibility index (Phi) is 4.09. The smallest absolute Gasteiger partial charge is 0.274 e. The van der Waals surface area contributed by atoms with Crippen LogP contribution in [0.15, 0.2) is 18.3 Å². The first kappa shape index (κ1) is 14.5. The number of anilines is 1. The molecule has 5 nitrogen and oxygen atoms in total. The lowest BCUT2D eigenvalue weighted by Crippen LogP contribution is -2.15. The topological polar surface area (TPSA) is 59.8 Å². The highest BCUT2D eigenvalue weighted by molar-refractivity contribution is 6.30. The third-order valence-electron chi connectivity index (χ3n) is 3.01. The molecule has 0 saturated carbocycles. The maximum Gasteiger partial charge on any atom is 0.274 e. The second kappa shape index (κ2) is 5.63. The number of halogens is 1. The molecule has 0 aromatic carbocycles. The summed E-state index contributed by atoms with van der Waals surface area (Å²) in [6.45, 7) is 7.89. The summed E-state index contributed by atoms with van der Waals surface area (Å²) in [5, 5.41) is 7.77. The Morgan fingerprint density at radius 1 is 1.40 bits per heavy atom. The van der Waals surface area contributed by atoms with E-state index in [1.165, 1.54) is 12.3 Å². The minimum absolute atomic E-state index is 0.239. The zero-order chi connectivity index (χ0) is 14.9. The summed E-state index contributed by atoms with van der Waals surface area (Å²) in [6, 6.07) is 3.41. The zero-order valence-corrected chi connectivity index (χ0v) is 12.7. The number of aryl methyl sites for hydroxylation is 1. The molecular weight excluding hydrogens is 276 g/mol. The fourth-order valence-electron chi connectivity index (χ4n) is 2.05. The van der Waals surface area contributed by atoms with Crippen molar-refractivity contribution >= 4 is 23.2 Å². The van der Waals surface area contributed by atoms with Crippen LogP contribution < -0.4 is 5.32 Å². The summed E-state index contributed by atoms with van der Waals surface area (Å²) in [7, 11) is 0. The highest BCUT2D eigenvalue weighted by Gasteiger charge is 2.17. The van der Waals surface area contributed by atoms with Gasteiger partial charge in [0.25, 0.3) is 5.91 Å². The quantitative estimate of drug-likeness (QED) is 0.943. The number of carbonyl (C=O) groups is 1. The molecule has 0 saturated heterocycles. The highest BCUT2D eigenvalue weighted by atomic mass is 35.5. The van der Waals surface area contributed by atoms with Crippen LogP contribution in [-0.2, 0) is 0 Å². The predicted octanol–water partition coefficient (Wildman–Crippen LogP) is 3.38. The molecule has 0 atom stereocenters. The van der Waals surface area contributed by atoms with E-state index in [0.29, 0.717) is 5.02 Å². The van der Waals surface area contributed by atoms with Crippen molar-refractivity contribution in [3.8, 4) is 0 Å². The van der Waals surface area contributed by atoms with Crippen molar-refractivity contribution in [2.75, 3.05) is 5.32 Å². The van der Waals surface area contributed by atoms with Gasteiger partial charge in [-0.05, 0) is 39.8 Å². The number of carbonyl (C=O) groups excluding carboxylic acids is 1. The highest BCUT2D eigenvalue weighted by Crippen LogP contribution is 2.23. The summed E-state index contributed by atoms with van der Waals surface area (Å²) in [5.74, 6) is -0.290. The van der Waals surface area contributed by atoms with Gasteiger partial charge in [0.05, 0.1) is 17.1 Å². The zero-order valence-electron chi connectivity index (χ0n) is 11.9. The van der Waals surface area contributed by atoms with Crippen molar-refractivity contribution < 1.29 is 4.79 Å². The lowest BCUT2D eigenvalue weighted by atomic mass is 10.2. The van der Waals surface area contributed by atoms with Crippen LogP contribution >= 0.6 is 11.6 Å². The maximum absolute atomic E-state index is 12.2. The van der Waals surface area contributed by atoms with E-state index in [-0.39, 0.29) is 17.6 Å². The molecule has 0 radical (unpaired) electrons. The number of hydrogen-bond donors (Lipinski definition) is 1. The molecule has 2 aromatic rings. The molecule has 106 valence electrons. The number of pyridine rings is 1. The molecule has 1 amide bonds. The third-order valence-corrected chi connectivity index (χ3v) is 3.24. The van der Waals surface area contributed by atoms with Crippen LogP contribution in [0.1, 0.15) is 41.8 Å². The lowest BCUT2D eigenvalue weighted by molar-refractivity contribution is 0.102. The number of nitrogens with zero attached hydrogens (tertiary/aromatic N) is 3. The molecule has 0 bridgehead atoms. The summed E-state index contributed by atoms with van der Waals surface area (Å²) < 4.78 is 1.89. The van der Waals surface area contributed by atoms with Gasteiger partial charge in [-0.1, -0.05) is 11.6 Å². The average molecular weight is 293 g/mol. The molecule has 6 heteroatoms. The Hall–Kier alpha value is -1.88. The molecule has 0 aliphatic heterocycles. The first-order chi connectivity index (χ1) is 9.40.